The summed E-state index contributed by atoms with van der Waals surface area (Å²) >= 11 is 0. The number of likely N-dealkylation sites (N-methyl/N-ethyl adjacent to an activating group) is 1. The van der Waals surface area contributed by atoms with Crippen LogP contribution in [0.5, 0.6) is 0 Å². The summed E-state index contributed by atoms with van der Waals surface area (Å²) in [6.07, 6.45) is -0.857. The minimum absolute atomic E-state index is 0.00903. The predicted molar refractivity (Wildman–Crippen MR) is 111 cm³/mol. The van der Waals surface area contributed by atoms with Crippen LogP contribution in [0.4, 0.5) is 0 Å². The first-order valence-corrected chi connectivity index (χ1v) is 12.9. The Morgan fingerprint density at radius 3 is 2.27 bits per heavy atom. The van der Waals surface area contributed by atoms with Gasteiger partial charge in [0.2, 0.25) is 10.0 Å². The van der Waals surface area contributed by atoms with Crippen LogP contribution in [0.1, 0.15) is 27.2 Å². The van der Waals surface area contributed by atoms with Gasteiger partial charge in [-0.2, -0.15) is 4.72 Å². The van der Waals surface area contributed by atoms with Crippen LogP contribution in [0.2, 0.25) is 0 Å². The molecule has 0 aliphatic carbocycles. The van der Waals surface area contributed by atoms with Gasteiger partial charge in [0.15, 0.2) is 15.9 Å². The van der Waals surface area contributed by atoms with Crippen molar-refractivity contribution in [2.24, 2.45) is 5.92 Å². The number of carbonyl (C=O) groups excluding carboxylic acids is 2. The number of hydrogen-bond acceptors (Lipinski definition) is 7. The molecule has 2 rings (SSSR count). The lowest BCUT2D eigenvalue weighted by Gasteiger charge is -2.28. The van der Waals surface area contributed by atoms with Gasteiger partial charge in [-0.1, -0.05) is 32.0 Å². The summed E-state index contributed by atoms with van der Waals surface area (Å²) in [4.78, 5) is 26.5. The Balaban J connectivity index is 2.06. The highest BCUT2D eigenvalue weighted by Crippen LogP contribution is 2.18. The summed E-state index contributed by atoms with van der Waals surface area (Å²) in [5.41, 5.74) is 0. The fourth-order valence-electron chi connectivity index (χ4n) is 3.14. The van der Waals surface area contributed by atoms with Crippen molar-refractivity contribution in [3.05, 3.63) is 30.3 Å². The van der Waals surface area contributed by atoms with Crippen molar-refractivity contribution in [3.63, 3.8) is 0 Å². The third-order valence-electron chi connectivity index (χ3n) is 5.00. The van der Waals surface area contributed by atoms with Gasteiger partial charge < -0.3 is 9.64 Å². The molecule has 30 heavy (non-hydrogen) atoms. The molecule has 1 N–H and O–H groups in total. The smallest absolute Gasteiger partial charge is 0.325 e. The van der Waals surface area contributed by atoms with Crippen molar-refractivity contribution in [1.82, 2.24) is 9.62 Å². The van der Waals surface area contributed by atoms with E-state index in [-0.39, 0.29) is 16.4 Å². The molecular formula is C19H28N2O7S2. The molecule has 3 atom stereocenters. The summed E-state index contributed by atoms with van der Waals surface area (Å²) in [5.74, 6) is -1.96. The average Bonchev–Trinajstić information content (AvgIpc) is 3.05. The number of rotatable bonds is 8. The highest BCUT2D eigenvalue weighted by molar-refractivity contribution is 7.91. The normalized spacial score (nSPS) is 20.5. The minimum atomic E-state index is -3.96. The van der Waals surface area contributed by atoms with E-state index in [0.29, 0.717) is 6.42 Å². The van der Waals surface area contributed by atoms with E-state index in [0.717, 1.165) is 0 Å². The van der Waals surface area contributed by atoms with Crippen molar-refractivity contribution in [3.8, 4) is 0 Å². The van der Waals surface area contributed by atoms with Crippen LogP contribution in [0.25, 0.3) is 0 Å². The molecule has 168 valence electrons. The van der Waals surface area contributed by atoms with Crippen molar-refractivity contribution in [2.45, 2.75) is 50.3 Å². The molecule has 9 nitrogen and oxygen atoms in total. The molecule has 0 spiro atoms. The molecule has 1 fully saturated rings. The van der Waals surface area contributed by atoms with Crippen LogP contribution in [-0.4, -0.2) is 70.4 Å². The highest BCUT2D eigenvalue weighted by atomic mass is 32.2. The summed E-state index contributed by atoms with van der Waals surface area (Å²) in [6.45, 7) is 4.69. The van der Waals surface area contributed by atoms with Gasteiger partial charge >= 0.3 is 5.97 Å². The van der Waals surface area contributed by atoms with Gasteiger partial charge in [-0.15, -0.1) is 0 Å². The fourth-order valence-corrected chi connectivity index (χ4v) is 6.27. The molecule has 1 heterocycles. The van der Waals surface area contributed by atoms with Crippen LogP contribution in [-0.2, 0) is 34.2 Å². The molecule has 1 aliphatic rings. The number of sulfonamides is 1. The monoisotopic (exact) mass is 460 g/mol. The summed E-state index contributed by atoms with van der Waals surface area (Å²) in [5, 5.41) is 0. The summed E-state index contributed by atoms with van der Waals surface area (Å²) < 4.78 is 56.0. The number of nitrogens with one attached hydrogen (secondary N) is 1. The lowest BCUT2D eigenvalue weighted by atomic mass is 10.1. The zero-order valence-electron chi connectivity index (χ0n) is 17.4. The van der Waals surface area contributed by atoms with E-state index >= 15 is 0 Å². The van der Waals surface area contributed by atoms with Crippen LogP contribution in [0, 0.1) is 5.92 Å². The van der Waals surface area contributed by atoms with Crippen LogP contribution in [0.3, 0.4) is 0 Å². The van der Waals surface area contributed by atoms with Gasteiger partial charge in [0.25, 0.3) is 5.91 Å². The fraction of sp³-hybridized carbons (Fsp3) is 0.579. The SMILES string of the molecule is CC(OC(=O)C(NS(=O)(=O)c1ccccc1)C(C)C)C(=O)N(C)C1CCS(=O)(=O)C1. The molecule has 11 heteroatoms. The summed E-state index contributed by atoms with van der Waals surface area (Å²) in [7, 11) is -5.66. The van der Waals surface area contributed by atoms with Crippen LogP contribution in [0.15, 0.2) is 35.2 Å². The maximum absolute atomic E-state index is 12.6. The van der Waals surface area contributed by atoms with Crippen molar-refractivity contribution >= 4 is 31.7 Å². The number of nitrogens with zero attached hydrogens (tertiary/aromatic N) is 1. The Morgan fingerprint density at radius 1 is 1.17 bits per heavy atom. The number of amides is 1. The van der Waals surface area contributed by atoms with Gasteiger partial charge in [0.1, 0.15) is 6.04 Å². The van der Waals surface area contributed by atoms with Gasteiger partial charge in [-0.25, -0.2) is 16.8 Å². The highest BCUT2D eigenvalue weighted by Gasteiger charge is 2.36. The van der Waals surface area contributed by atoms with Crippen molar-refractivity contribution in [2.75, 3.05) is 18.6 Å². The first-order chi connectivity index (χ1) is 13.8. The minimum Gasteiger partial charge on any atom is -0.451 e. The van der Waals surface area contributed by atoms with E-state index in [1.54, 1.807) is 32.0 Å². The van der Waals surface area contributed by atoms with Crippen LogP contribution < -0.4 is 4.72 Å². The number of esters is 1. The molecule has 3 unspecified atom stereocenters. The number of carbonyl (C=O) groups is 2. The van der Waals surface area contributed by atoms with Gasteiger partial charge in [-0.05, 0) is 31.4 Å². The maximum atomic E-state index is 12.6. The van der Waals surface area contributed by atoms with Crippen molar-refractivity contribution < 1.29 is 31.2 Å². The van der Waals surface area contributed by atoms with E-state index in [1.807, 2.05) is 0 Å². The molecule has 0 radical (unpaired) electrons. The zero-order chi connectivity index (χ0) is 22.7. The molecule has 1 aromatic carbocycles. The predicted octanol–water partition coefficient (Wildman–Crippen LogP) is 0.567. The number of hydrogen-bond donors (Lipinski definition) is 1. The molecule has 1 saturated heterocycles. The Bertz CT molecular complexity index is 975. The van der Waals surface area contributed by atoms with Gasteiger partial charge in [0.05, 0.1) is 16.4 Å². The molecule has 1 amide bonds. The lowest BCUT2D eigenvalue weighted by molar-refractivity contribution is -0.161. The van der Waals surface area contributed by atoms with E-state index in [4.69, 9.17) is 4.74 Å². The first-order valence-electron chi connectivity index (χ1n) is 9.59. The second-order valence-electron chi connectivity index (χ2n) is 7.74. The number of ether oxygens (including phenoxy) is 1. The molecular weight excluding hydrogens is 432 g/mol. The largest absolute Gasteiger partial charge is 0.451 e. The Labute approximate surface area is 177 Å². The molecule has 1 aliphatic heterocycles. The lowest BCUT2D eigenvalue weighted by Crippen LogP contribution is -2.49. The topological polar surface area (TPSA) is 127 Å². The molecule has 1 aromatic rings. The zero-order valence-corrected chi connectivity index (χ0v) is 19.1. The van der Waals surface area contributed by atoms with Crippen molar-refractivity contribution in [1.29, 1.82) is 0 Å². The maximum Gasteiger partial charge on any atom is 0.325 e. The Kier molecular flexibility index (Phi) is 7.64. The van der Waals surface area contributed by atoms with E-state index < -0.39 is 55.8 Å². The quantitative estimate of drug-likeness (QED) is 0.562. The van der Waals surface area contributed by atoms with Crippen LogP contribution >= 0.6 is 0 Å². The standard InChI is InChI=1S/C19H28N2O7S2/c1-13(2)17(20-30(26,27)16-8-6-5-7-9-16)19(23)28-14(3)18(22)21(4)15-10-11-29(24,25)12-15/h5-9,13-15,17,20H,10-12H2,1-4H3. The first kappa shape index (κ1) is 24.3. The third-order valence-corrected chi connectivity index (χ3v) is 8.21. The molecule has 0 bridgehead atoms. The Hall–Kier alpha value is -1.98. The third kappa shape index (κ3) is 6.02. The summed E-state index contributed by atoms with van der Waals surface area (Å²) in [6, 6.07) is 5.95. The van der Waals surface area contributed by atoms with E-state index in [1.165, 1.54) is 31.0 Å². The van der Waals surface area contributed by atoms with E-state index in [9.17, 15) is 26.4 Å². The number of sulfone groups is 1. The second-order valence-corrected chi connectivity index (χ2v) is 11.7. The second kappa shape index (κ2) is 9.44. The molecule has 0 aromatic heterocycles. The van der Waals surface area contributed by atoms with Gasteiger partial charge in [0, 0.05) is 13.1 Å². The molecule has 0 saturated carbocycles. The van der Waals surface area contributed by atoms with E-state index in [2.05, 4.69) is 4.72 Å². The average molecular weight is 461 g/mol. The van der Waals surface area contributed by atoms with Gasteiger partial charge in [-0.3, -0.25) is 9.59 Å². The number of benzene rings is 1. The Morgan fingerprint density at radius 2 is 1.77 bits per heavy atom.